The Morgan fingerprint density at radius 2 is 2.00 bits per heavy atom. The summed E-state index contributed by atoms with van der Waals surface area (Å²) in [4.78, 5) is 25.7. The second-order valence-electron chi connectivity index (χ2n) is 4.27. The number of ether oxygens (including phenoxy) is 1. The maximum absolute atomic E-state index is 12.2. The van der Waals surface area contributed by atoms with E-state index in [-0.39, 0.29) is 5.91 Å². The number of rotatable bonds is 3. The minimum Gasteiger partial charge on any atom is -0.448 e. The van der Waals surface area contributed by atoms with Crippen molar-refractivity contribution in [1.82, 2.24) is 4.90 Å². The lowest BCUT2D eigenvalue weighted by Crippen LogP contribution is -2.44. The van der Waals surface area contributed by atoms with Crippen LogP contribution in [0.5, 0.6) is 0 Å². The number of nitrogens with zero attached hydrogens (tertiary/aromatic N) is 1. The lowest BCUT2D eigenvalue weighted by Gasteiger charge is -2.28. The van der Waals surface area contributed by atoms with Gasteiger partial charge in [0.1, 0.15) is 0 Å². The lowest BCUT2D eigenvalue weighted by molar-refractivity contribution is -0.140. The van der Waals surface area contributed by atoms with Crippen LogP contribution < -0.4 is 0 Å². The quantitative estimate of drug-likeness (QED) is 0.763. The summed E-state index contributed by atoms with van der Waals surface area (Å²) in [5.74, 6) is -0.509. The zero-order valence-corrected chi connectivity index (χ0v) is 10.7. The van der Waals surface area contributed by atoms with Crippen molar-refractivity contribution >= 4 is 11.9 Å². The molecule has 1 aromatic carbocycles. The number of hydrogen-bond acceptors (Lipinski definition) is 3. The van der Waals surface area contributed by atoms with E-state index in [9.17, 15) is 9.59 Å². The Bertz CT molecular complexity index is 466. The topological polar surface area (TPSA) is 46.6 Å². The van der Waals surface area contributed by atoms with E-state index < -0.39 is 12.1 Å². The van der Waals surface area contributed by atoms with Crippen molar-refractivity contribution in [2.24, 2.45) is 0 Å². The molecule has 1 heterocycles. The van der Waals surface area contributed by atoms with Gasteiger partial charge in [-0.2, -0.15) is 0 Å². The third-order valence-electron chi connectivity index (χ3n) is 3.24. The van der Waals surface area contributed by atoms with Gasteiger partial charge in [0, 0.05) is 19.5 Å². The standard InChI is InChI=1S/C14H17NO3/c1-3-15(4-2)13(16)12-9-10-7-5-6-8-11(10)14(17)18-12/h5-8,12H,3-4,9H2,1-2H3. The number of cyclic esters (lactones) is 1. The minimum absolute atomic E-state index is 0.108. The van der Waals surface area contributed by atoms with Crippen LogP contribution in [-0.4, -0.2) is 36.0 Å². The monoisotopic (exact) mass is 247 g/mol. The first kappa shape index (κ1) is 12.6. The highest BCUT2D eigenvalue weighted by Crippen LogP contribution is 2.21. The van der Waals surface area contributed by atoms with E-state index in [1.54, 1.807) is 17.0 Å². The van der Waals surface area contributed by atoms with Gasteiger partial charge in [0.15, 0.2) is 6.10 Å². The molecule has 0 spiro atoms. The molecule has 0 fully saturated rings. The fraction of sp³-hybridized carbons (Fsp3) is 0.429. The summed E-state index contributed by atoms with van der Waals surface area (Å²) in [6, 6.07) is 7.27. The van der Waals surface area contributed by atoms with Crippen LogP contribution in [0.25, 0.3) is 0 Å². The molecule has 4 nitrogen and oxygen atoms in total. The minimum atomic E-state index is -0.674. The van der Waals surface area contributed by atoms with Crippen molar-refractivity contribution < 1.29 is 14.3 Å². The highest BCUT2D eigenvalue weighted by Gasteiger charge is 2.32. The molecule has 4 heteroatoms. The molecule has 1 atom stereocenters. The van der Waals surface area contributed by atoms with Gasteiger partial charge >= 0.3 is 5.97 Å². The third-order valence-corrected chi connectivity index (χ3v) is 3.24. The van der Waals surface area contributed by atoms with Gasteiger partial charge in [-0.15, -0.1) is 0 Å². The molecular formula is C14H17NO3. The van der Waals surface area contributed by atoms with Crippen LogP contribution >= 0.6 is 0 Å². The van der Waals surface area contributed by atoms with Crippen molar-refractivity contribution in [2.75, 3.05) is 13.1 Å². The average Bonchev–Trinajstić information content (AvgIpc) is 2.40. The number of fused-ring (bicyclic) bond motifs is 1. The van der Waals surface area contributed by atoms with E-state index in [1.165, 1.54) is 0 Å². The molecule has 18 heavy (non-hydrogen) atoms. The summed E-state index contributed by atoms with van der Waals surface area (Å²) < 4.78 is 5.23. The van der Waals surface area contributed by atoms with Gasteiger partial charge in [-0.1, -0.05) is 18.2 Å². The number of esters is 1. The maximum Gasteiger partial charge on any atom is 0.339 e. The van der Waals surface area contributed by atoms with Crippen LogP contribution in [-0.2, 0) is 16.0 Å². The molecule has 1 unspecified atom stereocenters. The van der Waals surface area contributed by atoms with Crippen LogP contribution in [0.4, 0.5) is 0 Å². The Morgan fingerprint density at radius 3 is 2.67 bits per heavy atom. The highest BCUT2D eigenvalue weighted by atomic mass is 16.5. The van der Waals surface area contributed by atoms with Gasteiger partial charge in [0.2, 0.25) is 0 Å². The zero-order valence-electron chi connectivity index (χ0n) is 10.7. The van der Waals surface area contributed by atoms with E-state index in [2.05, 4.69) is 0 Å². The summed E-state index contributed by atoms with van der Waals surface area (Å²) in [5, 5.41) is 0. The molecular weight excluding hydrogens is 230 g/mol. The van der Waals surface area contributed by atoms with Gasteiger partial charge in [0.25, 0.3) is 5.91 Å². The molecule has 1 aromatic rings. The number of likely N-dealkylation sites (N-methyl/N-ethyl adjacent to an activating group) is 1. The lowest BCUT2D eigenvalue weighted by atomic mass is 9.98. The first-order chi connectivity index (χ1) is 8.67. The van der Waals surface area contributed by atoms with Crippen LogP contribution in [0.2, 0.25) is 0 Å². The van der Waals surface area contributed by atoms with Crippen LogP contribution in [0.3, 0.4) is 0 Å². The van der Waals surface area contributed by atoms with E-state index in [4.69, 9.17) is 4.74 Å². The van der Waals surface area contributed by atoms with Crippen molar-refractivity contribution in [1.29, 1.82) is 0 Å². The van der Waals surface area contributed by atoms with Crippen molar-refractivity contribution in [3.8, 4) is 0 Å². The third kappa shape index (κ3) is 2.23. The van der Waals surface area contributed by atoms with Gasteiger partial charge in [-0.05, 0) is 25.5 Å². The first-order valence-corrected chi connectivity index (χ1v) is 6.25. The van der Waals surface area contributed by atoms with Crippen LogP contribution in [0.15, 0.2) is 24.3 Å². The maximum atomic E-state index is 12.2. The van der Waals surface area contributed by atoms with Gasteiger partial charge < -0.3 is 9.64 Å². The second kappa shape index (κ2) is 5.21. The SMILES string of the molecule is CCN(CC)C(=O)C1Cc2ccccc2C(=O)O1. The Labute approximate surface area is 107 Å². The Morgan fingerprint density at radius 1 is 1.33 bits per heavy atom. The molecule has 0 saturated heterocycles. The van der Waals surface area contributed by atoms with E-state index in [1.807, 2.05) is 26.0 Å². The van der Waals surface area contributed by atoms with Crippen molar-refractivity contribution in [3.05, 3.63) is 35.4 Å². The molecule has 1 aliphatic rings. The van der Waals surface area contributed by atoms with E-state index in [0.29, 0.717) is 25.1 Å². The number of carbonyl (C=O) groups excluding carboxylic acids is 2. The van der Waals surface area contributed by atoms with Gasteiger partial charge in [-0.3, -0.25) is 4.79 Å². The summed E-state index contributed by atoms with van der Waals surface area (Å²) >= 11 is 0. The summed E-state index contributed by atoms with van der Waals surface area (Å²) in [5.41, 5.74) is 1.46. The predicted molar refractivity (Wildman–Crippen MR) is 67.3 cm³/mol. The summed E-state index contributed by atoms with van der Waals surface area (Å²) in [6.45, 7) is 5.09. The normalized spacial score (nSPS) is 17.9. The van der Waals surface area contributed by atoms with Crippen LogP contribution in [0, 0.1) is 0 Å². The average molecular weight is 247 g/mol. The highest BCUT2D eigenvalue weighted by molar-refractivity contribution is 5.95. The Hall–Kier alpha value is -1.84. The predicted octanol–water partition coefficient (Wildman–Crippen LogP) is 1.64. The Kier molecular flexibility index (Phi) is 3.65. The molecule has 0 bridgehead atoms. The Balaban J connectivity index is 2.21. The molecule has 96 valence electrons. The van der Waals surface area contributed by atoms with Crippen molar-refractivity contribution in [2.45, 2.75) is 26.4 Å². The molecule has 0 aliphatic carbocycles. The molecule has 2 rings (SSSR count). The number of benzene rings is 1. The fourth-order valence-corrected chi connectivity index (χ4v) is 2.21. The van der Waals surface area contributed by atoms with Gasteiger partial charge in [0.05, 0.1) is 5.56 Å². The largest absolute Gasteiger partial charge is 0.448 e. The number of amides is 1. The van der Waals surface area contributed by atoms with E-state index >= 15 is 0 Å². The fourth-order valence-electron chi connectivity index (χ4n) is 2.21. The zero-order chi connectivity index (χ0) is 13.1. The molecule has 0 saturated carbocycles. The number of carbonyl (C=O) groups is 2. The molecule has 1 amide bonds. The first-order valence-electron chi connectivity index (χ1n) is 6.25. The molecule has 0 aromatic heterocycles. The van der Waals surface area contributed by atoms with Crippen LogP contribution in [0.1, 0.15) is 29.8 Å². The smallest absolute Gasteiger partial charge is 0.339 e. The van der Waals surface area contributed by atoms with Gasteiger partial charge in [-0.25, -0.2) is 4.79 Å². The molecule has 0 radical (unpaired) electrons. The summed E-state index contributed by atoms with van der Waals surface area (Å²) in [7, 11) is 0. The number of hydrogen-bond donors (Lipinski definition) is 0. The molecule has 1 aliphatic heterocycles. The summed E-state index contributed by atoms with van der Waals surface area (Å²) in [6.07, 6.45) is -0.204. The second-order valence-corrected chi connectivity index (χ2v) is 4.27. The molecule has 0 N–H and O–H groups in total. The van der Waals surface area contributed by atoms with E-state index in [0.717, 1.165) is 5.56 Å². The van der Waals surface area contributed by atoms with Crippen molar-refractivity contribution in [3.63, 3.8) is 0 Å².